The molecular formula is C22H24N2. The molecule has 0 saturated carbocycles. The fourth-order valence-electron chi connectivity index (χ4n) is 4.42. The smallest absolute Gasteiger partial charge is 0.0670 e. The lowest BCUT2D eigenvalue weighted by molar-refractivity contribution is 0.149. The van der Waals surface area contributed by atoms with Crippen molar-refractivity contribution in [3.05, 3.63) is 77.9 Å². The number of fused-ring (bicyclic) bond motifs is 2. The second-order valence-electron chi connectivity index (χ2n) is 7.08. The van der Waals surface area contributed by atoms with Gasteiger partial charge in [-0.15, -0.1) is 6.58 Å². The molecule has 2 aliphatic heterocycles. The number of nitrogens with zero attached hydrogens (tertiary/aromatic N) is 2. The summed E-state index contributed by atoms with van der Waals surface area (Å²) in [7, 11) is 0. The molecule has 0 N–H and O–H groups in total. The van der Waals surface area contributed by atoms with E-state index < -0.39 is 0 Å². The minimum absolute atomic E-state index is 0.0373. The highest BCUT2D eigenvalue weighted by atomic mass is 15.1. The van der Waals surface area contributed by atoms with Crippen LogP contribution in [0.5, 0.6) is 0 Å². The first kappa shape index (κ1) is 15.3. The Labute approximate surface area is 144 Å². The molecule has 4 rings (SSSR count). The van der Waals surface area contributed by atoms with Crippen molar-refractivity contribution in [2.75, 3.05) is 13.1 Å². The molecule has 122 valence electrons. The Morgan fingerprint density at radius 2 is 2.04 bits per heavy atom. The minimum atomic E-state index is 0.0373. The van der Waals surface area contributed by atoms with Gasteiger partial charge in [-0.2, -0.15) is 0 Å². The van der Waals surface area contributed by atoms with Crippen molar-refractivity contribution in [1.82, 2.24) is 4.90 Å². The van der Waals surface area contributed by atoms with Gasteiger partial charge >= 0.3 is 0 Å². The van der Waals surface area contributed by atoms with Crippen molar-refractivity contribution in [1.29, 1.82) is 0 Å². The molecule has 0 aromatic heterocycles. The highest BCUT2D eigenvalue weighted by Gasteiger charge is 2.46. The molecule has 0 amide bonds. The average molecular weight is 316 g/mol. The Morgan fingerprint density at radius 3 is 2.83 bits per heavy atom. The van der Waals surface area contributed by atoms with E-state index in [0.29, 0.717) is 5.92 Å². The molecule has 2 heteroatoms. The molecule has 0 radical (unpaired) electrons. The predicted molar refractivity (Wildman–Crippen MR) is 101 cm³/mol. The van der Waals surface area contributed by atoms with E-state index in [1.54, 1.807) is 0 Å². The lowest BCUT2D eigenvalue weighted by Gasteiger charge is -2.44. The Morgan fingerprint density at radius 1 is 1.21 bits per heavy atom. The number of aliphatic imine (C=N–C) groups is 1. The molecule has 1 saturated heterocycles. The van der Waals surface area contributed by atoms with Crippen molar-refractivity contribution in [2.24, 2.45) is 10.9 Å². The van der Waals surface area contributed by atoms with Crippen molar-refractivity contribution >= 4 is 11.9 Å². The topological polar surface area (TPSA) is 15.6 Å². The first-order chi connectivity index (χ1) is 11.7. The molecule has 2 atom stereocenters. The Bertz CT molecular complexity index is 778. The van der Waals surface area contributed by atoms with Crippen LogP contribution in [0.25, 0.3) is 0 Å². The summed E-state index contributed by atoms with van der Waals surface area (Å²) in [5, 5.41) is 0. The van der Waals surface area contributed by atoms with Crippen LogP contribution in [0, 0.1) is 12.8 Å². The van der Waals surface area contributed by atoms with Crippen LogP contribution >= 0.6 is 0 Å². The SMILES string of the molecule is C=C[C@H]1CN(Cc2ccccc2)CC[C@@]12C=Nc1cccc(C)c12. The molecule has 0 aliphatic carbocycles. The quantitative estimate of drug-likeness (QED) is 0.752. The maximum Gasteiger partial charge on any atom is 0.0670 e. The van der Waals surface area contributed by atoms with E-state index in [1.807, 2.05) is 0 Å². The van der Waals surface area contributed by atoms with Crippen molar-refractivity contribution < 1.29 is 0 Å². The molecule has 2 aliphatic rings. The van der Waals surface area contributed by atoms with Gasteiger partial charge in [-0.05, 0) is 42.6 Å². The molecule has 1 spiro atoms. The zero-order chi connectivity index (χ0) is 16.6. The van der Waals surface area contributed by atoms with E-state index in [0.717, 1.165) is 31.7 Å². The molecule has 2 aromatic carbocycles. The summed E-state index contributed by atoms with van der Waals surface area (Å²) >= 11 is 0. The molecular weight excluding hydrogens is 292 g/mol. The Hall–Kier alpha value is -2.19. The van der Waals surface area contributed by atoms with Gasteiger partial charge in [0.05, 0.1) is 5.69 Å². The van der Waals surface area contributed by atoms with E-state index in [9.17, 15) is 0 Å². The summed E-state index contributed by atoms with van der Waals surface area (Å²) in [4.78, 5) is 7.31. The van der Waals surface area contributed by atoms with Crippen LogP contribution in [-0.4, -0.2) is 24.2 Å². The van der Waals surface area contributed by atoms with Crippen molar-refractivity contribution in [3.63, 3.8) is 0 Å². The third-order valence-corrected chi connectivity index (χ3v) is 5.64. The first-order valence-corrected chi connectivity index (χ1v) is 8.77. The maximum absolute atomic E-state index is 4.75. The van der Waals surface area contributed by atoms with Gasteiger partial charge < -0.3 is 0 Å². The summed E-state index contributed by atoms with van der Waals surface area (Å²) < 4.78 is 0. The molecule has 2 heterocycles. The highest BCUT2D eigenvalue weighted by molar-refractivity contribution is 5.87. The third-order valence-electron chi connectivity index (χ3n) is 5.64. The number of aryl methyl sites for hydroxylation is 1. The van der Waals surface area contributed by atoms with E-state index in [2.05, 4.69) is 79.2 Å². The van der Waals surface area contributed by atoms with Crippen molar-refractivity contribution in [3.8, 4) is 0 Å². The number of benzene rings is 2. The van der Waals surface area contributed by atoms with Gasteiger partial charge in [0.25, 0.3) is 0 Å². The second-order valence-corrected chi connectivity index (χ2v) is 7.08. The molecule has 2 nitrogen and oxygen atoms in total. The van der Waals surface area contributed by atoms with Crippen LogP contribution in [0.15, 0.2) is 66.2 Å². The average Bonchev–Trinajstić information content (AvgIpc) is 2.98. The van der Waals surface area contributed by atoms with E-state index in [1.165, 1.54) is 16.7 Å². The fourth-order valence-corrected chi connectivity index (χ4v) is 4.42. The number of likely N-dealkylation sites (tertiary alicyclic amines) is 1. The number of rotatable bonds is 3. The fraction of sp³-hybridized carbons (Fsp3) is 0.318. The summed E-state index contributed by atoms with van der Waals surface area (Å²) in [6.07, 6.45) is 5.46. The zero-order valence-corrected chi connectivity index (χ0v) is 14.3. The van der Waals surface area contributed by atoms with Crippen LogP contribution in [-0.2, 0) is 12.0 Å². The maximum atomic E-state index is 4.75. The van der Waals surface area contributed by atoms with Gasteiger partial charge in [-0.1, -0.05) is 48.5 Å². The molecule has 24 heavy (non-hydrogen) atoms. The largest absolute Gasteiger partial charge is 0.298 e. The van der Waals surface area contributed by atoms with E-state index in [4.69, 9.17) is 4.99 Å². The van der Waals surface area contributed by atoms with Crippen LogP contribution in [0.4, 0.5) is 5.69 Å². The lowest BCUT2D eigenvalue weighted by Crippen LogP contribution is -2.49. The van der Waals surface area contributed by atoms with Crippen LogP contribution in [0.2, 0.25) is 0 Å². The van der Waals surface area contributed by atoms with Crippen LogP contribution < -0.4 is 0 Å². The summed E-state index contributed by atoms with van der Waals surface area (Å²) in [6.45, 7) is 9.52. The predicted octanol–water partition coefficient (Wildman–Crippen LogP) is 4.66. The van der Waals surface area contributed by atoms with Gasteiger partial charge in [0.2, 0.25) is 0 Å². The summed E-state index contributed by atoms with van der Waals surface area (Å²) in [5.74, 6) is 0.404. The van der Waals surface area contributed by atoms with Gasteiger partial charge in [0.1, 0.15) is 0 Å². The number of hydrogen-bond donors (Lipinski definition) is 0. The highest BCUT2D eigenvalue weighted by Crippen LogP contribution is 2.48. The third kappa shape index (κ3) is 2.42. The summed E-state index contributed by atoms with van der Waals surface area (Å²) in [5.41, 5.74) is 5.35. The lowest BCUT2D eigenvalue weighted by atomic mass is 9.66. The second kappa shape index (κ2) is 6.03. The Kier molecular flexibility index (Phi) is 3.85. The normalized spacial score (nSPS) is 25.8. The Balaban J connectivity index is 1.61. The van der Waals surface area contributed by atoms with Gasteiger partial charge in [-0.3, -0.25) is 9.89 Å². The molecule has 2 aromatic rings. The molecule has 1 fully saturated rings. The monoisotopic (exact) mass is 316 g/mol. The van der Waals surface area contributed by atoms with Gasteiger partial charge in [0.15, 0.2) is 0 Å². The standard InChI is InChI=1S/C22H24N2/c1-3-19-15-24(14-18-9-5-4-6-10-18)13-12-22(19)16-23-20-11-7-8-17(2)21(20)22/h3-11,16,19H,1,12-15H2,2H3/t19-,22+/m0/s1. The first-order valence-electron chi connectivity index (χ1n) is 8.77. The molecule has 0 unspecified atom stereocenters. The van der Waals surface area contributed by atoms with E-state index >= 15 is 0 Å². The van der Waals surface area contributed by atoms with Crippen molar-refractivity contribution in [2.45, 2.75) is 25.3 Å². The van der Waals surface area contributed by atoms with Crippen LogP contribution in [0.1, 0.15) is 23.1 Å². The summed E-state index contributed by atoms with van der Waals surface area (Å²) in [6, 6.07) is 17.2. The zero-order valence-electron chi connectivity index (χ0n) is 14.3. The number of hydrogen-bond acceptors (Lipinski definition) is 2. The minimum Gasteiger partial charge on any atom is -0.298 e. The van der Waals surface area contributed by atoms with Gasteiger partial charge in [-0.25, -0.2) is 0 Å². The number of piperidine rings is 1. The van der Waals surface area contributed by atoms with Gasteiger partial charge in [0, 0.05) is 30.6 Å². The van der Waals surface area contributed by atoms with E-state index in [-0.39, 0.29) is 5.41 Å². The molecule has 0 bridgehead atoms. The van der Waals surface area contributed by atoms with Crippen LogP contribution in [0.3, 0.4) is 0 Å².